The predicted octanol–water partition coefficient (Wildman–Crippen LogP) is 3.70. The third-order valence-electron chi connectivity index (χ3n) is 5.94. The number of hydrogen-bond donors (Lipinski definition) is 2. The molecule has 0 aliphatic carbocycles. The zero-order valence-corrected chi connectivity index (χ0v) is 17.2. The quantitative estimate of drug-likeness (QED) is 0.689. The number of aromatic nitrogens is 2. The molecule has 0 amide bonds. The molecule has 0 spiro atoms. The second-order valence-electron chi connectivity index (χ2n) is 8.02. The maximum atomic E-state index is 6.15. The molecule has 6 nitrogen and oxygen atoms in total. The number of rotatable bonds is 5. The zero-order valence-electron chi connectivity index (χ0n) is 17.2. The first-order valence-corrected chi connectivity index (χ1v) is 10.2. The van der Waals surface area contributed by atoms with Crippen LogP contribution in [0.25, 0.3) is 10.9 Å². The molecule has 29 heavy (non-hydrogen) atoms. The number of nitrogens with zero attached hydrogens (tertiary/aromatic N) is 3. The summed E-state index contributed by atoms with van der Waals surface area (Å²) in [4.78, 5) is 10.9. The molecule has 4 N–H and O–H groups in total. The first kappa shape index (κ1) is 19.5. The summed E-state index contributed by atoms with van der Waals surface area (Å²) < 4.78 is 6.15. The summed E-state index contributed by atoms with van der Waals surface area (Å²) in [5, 5.41) is 0.745. The molecule has 2 heterocycles. The minimum atomic E-state index is 0.184. The number of piperidine rings is 1. The highest BCUT2D eigenvalue weighted by Crippen LogP contribution is 2.30. The minimum Gasteiger partial charge on any atom is -0.492 e. The summed E-state index contributed by atoms with van der Waals surface area (Å²) in [7, 11) is 0. The Hall–Kier alpha value is -2.86. The van der Waals surface area contributed by atoms with Crippen LogP contribution in [0.1, 0.15) is 29.5 Å². The van der Waals surface area contributed by atoms with Crippen molar-refractivity contribution >= 4 is 22.7 Å². The van der Waals surface area contributed by atoms with Crippen LogP contribution in [-0.4, -0.2) is 34.6 Å². The standard InChI is InChI=1S/C23H29N5O/c1-15-5-3-6-16(2)18(15)13-28-11-9-17(10-12-28)14-29-20-8-4-7-19-21(20)22(24)27-23(25)26-19/h3-8,17H,9-14H2,1-2H3,(H4,24,25,26,27). The molecule has 0 unspecified atom stereocenters. The van der Waals surface area contributed by atoms with Crippen molar-refractivity contribution in [2.24, 2.45) is 5.92 Å². The lowest BCUT2D eigenvalue weighted by molar-refractivity contribution is 0.137. The summed E-state index contributed by atoms with van der Waals surface area (Å²) in [5.74, 6) is 1.82. The fourth-order valence-electron chi connectivity index (χ4n) is 4.16. The Morgan fingerprint density at radius 3 is 2.41 bits per heavy atom. The fraction of sp³-hybridized carbons (Fsp3) is 0.391. The second kappa shape index (κ2) is 8.25. The molecule has 152 valence electrons. The molecule has 0 bridgehead atoms. The van der Waals surface area contributed by atoms with Gasteiger partial charge in [-0.1, -0.05) is 24.3 Å². The van der Waals surface area contributed by atoms with E-state index in [0.717, 1.165) is 49.1 Å². The Balaban J connectivity index is 1.36. The molecular weight excluding hydrogens is 362 g/mol. The summed E-state index contributed by atoms with van der Waals surface area (Å²) in [6, 6.07) is 12.3. The van der Waals surface area contributed by atoms with E-state index in [4.69, 9.17) is 16.2 Å². The van der Waals surface area contributed by atoms with E-state index in [1.165, 1.54) is 16.7 Å². The lowest BCUT2D eigenvalue weighted by Gasteiger charge is -2.32. The van der Waals surface area contributed by atoms with Crippen LogP contribution >= 0.6 is 0 Å². The van der Waals surface area contributed by atoms with Crippen LogP contribution in [-0.2, 0) is 6.54 Å². The molecule has 1 aliphatic heterocycles. The highest BCUT2D eigenvalue weighted by Gasteiger charge is 2.21. The topological polar surface area (TPSA) is 90.3 Å². The van der Waals surface area contributed by atoms with Gasteiger partial charge in [-0.05, 0) is 74.5 Å². The van der Waals surface area contributed by atoms with Crippen LogP contribution in [0.15, 0.2) is 36.4 Å². The van der Waals surface area contributed by atoms with Gasteiger partial charge in [0.15, 0.2) is 0 Å². The van der Waals surface area contributed by atoms with Crippen molar-refractivity contribution in [3.8, 4) is 5.75 Å². The Bertz CT molecular complexity index is 991. The maximum Gasteiger partial charge on any atom is 0.222 e. The van der Waals surface area contributed by atoms with E-state index in [9.17, 15) is 0 Å². The Labute approximate surface area is 171 Å². The fourth-order valence-corrected chi connectivity index (χ4v) is 4.16. The van der Waals surface area contributed by atoms with Crippen molar-refractivity contribution in [2.45, 2.75) is 33.2 Å². The number of likely N-dealkylation sites (tertiary alicyclic amines) is 1. The van der Waals surface area contributed by atoms with Crippen molar-refractivity contribution in [1.82, 2.24) is 14.9 Å². The van der Waals surface area contributed by atoms with E-state index in [0.29, 0.717) is 18.3 Å². The highest BCUT2D eigenvalue weighted by atomic mass is 16.5. The smallest absolute Gasteiger partial charge is 0.222 e. The zero-order chi connectivity index (χ0) is 20.4. The predicted molar refractivity (Wildman–Crippen MR) is 118 cm³/mol. The van der Waals surface area contributed by atoms with Crippen molar-refractivity contribution in [2.75, 3.05) is 31.2 Å². The van der Waals surface area contributed by atoms with E-state index >= 15 is 0 Å². The molecule has 1 saturated heterocycles. The van der Waals surface area contributed by atoms with Crippen LogP contribution in [0.2, 0.25) is 0 Å². The molecule has 0 atom stereocenters. The van der Waals surface area contributed by atoms with Gasteiger partial charge in [0.25, 0.3) is 0 Å². The highest BCUT2D eigenvalue weighted by molar-refractivity contribution is 5.94. The monoisotopic (exact) mass is 391 g/mol. The lowest BCUT2D eigenvalue weighted by Crippen LogP contribution is -2.35. The van der Waals surface area contributed by atoms with Crippen LogP contribution in [0.5, 0.6) is 5.75 Å². The van der Waals surface area contributed by atoms with Gasteiger partial charge in [0, 0.05) is 6.54 Å². The third-order valence-corrected chi connectivity index (χ3v) is 5.94. The maximum absolute atomic E-state index is 6.15. The van der Waals surface area contributed by atoms with E-state index in [-0.39, 0.29) is 5.95 Å². The summed E-state index contributed by atoms with van der Waals surface area (Å²) in [5.41, 5.74) is 16.7. The molecular formula is C23H29N5O. The largest absolute Gasteiger partial charge is 0.492 e. The molecule has 0 radical (unpaired) electrons. The average Bonchev–Trinajstić information content (AvgIpc) is 2.70. The minimum absolute atomic E-state index is 0.184. The molecule has 2 aromatic carbocycles. The SMILES string of the molecule is Cc1cccc(C)c1CN1CCC(COc2cccc3nc(N)nc(N)c23)CC1. The normalized spacial score (nSPS) is 15.7. The Kier molecular flexibility index (Phi) is 5.53. The Morgan fingerprint density at radius 1 is 1.00 bits per heavy atom. The van der Waals surface area contributed by atoms with Gasteiger partial charge >= 0.3 is 0 Å². The van der Waals surface area contributed by atoms with Crippen molar-refractivity contribution < 1.29 is 4.74 Å². The van der Waals surface area contributed by atoms with Gasteiger partial charge in [-0.3, -0.25) is 4.90 Å². The van der Waals surface area contributed by atoms with E-state index in [1.807, 2.05) is 18.2 Å². The van der Waals surface area contributed by atoms with E-state index in [2.05, 4.69) is 46.9 Å². The van der Waals surface area contributed by atoms with Crippen LogP contribution < -0.4 is 16.2 Å². The van der Waals surface area contributed by atoms with Gasteiger partial charge in [0.2, 0.25) is 5.95 Å². The summed E-state index contributed by atoms with van der Waals surface area (Å²) >= 11 is 0. The average molecular weight is 392 g/mol. The van der Waals surface area contributed by atoms with Gasteiger partial charge in [0.1, 0.15) is 11.6 Å². The molecule has 6 heteroatoms. The third kappa shape index (κ3) is 4.27. The van der Waals surface area contributed by atoms with Gasteiger partial charge < -0.3 is 16.2 Å². The first-order valence-electron chi connectivity index (χ1n) is 10.2. The van der Waals surface area contributed by atoms with Gasteiger partial charge in [-0.15, -0.1) is 0 Å². The van der Waals surface area contributed by atoms with Crippen molar-refractivity contribution in [3.05, 3.63) is 53.1 Å². The van der Waals surface area contributed by atoms with Gasteiger partial charge in [-0.2, -0.15) is 4.98 Å². The molecule has 0 saturated carbocycles. The molecule has 1 fully saturated rings. The molecule has 4 rings (SSSR count). The second-order valence-corrected chi connectivity index (χ2v) is 8.02. The molecule has 1 aliphatic rings. The van der Waals surface area contributed by atoms with Gasteiger partial charge in [0.05, 0.1) is 17.5 Å². The number of nitrogens with two attached hydrogens (primary N) is 2. The number of nitrogen functional groups attached to an aromatic ring is 2. The number of anilines is 2. The van der Waals surface area contributed by atoms with Crippen LogP contribution in [0.4, 0.5) is 11.8 Å². The number of benzene rings is 2. The van der Waals surface area contributed by atoms with Gasteiger partial charge in [-0.25, -0.2) is 4.98 Å². The molecule has 3 aromatic rings. The van der Waals surface area contributed by atoms with E-state index < -0.39 is 0 Å². The van der Waals surface area contributed by atoms with Crippen molar-refractivity contribution in [3.63, 3.8) is 0 Å². The lowest BCUT2D eigenvalue weighted by atomic mass is 9.96. The Morgan fingerprint density at radius 2 is 1.69 bits per heavy atom. The van der Waals surface area contributed by atoms with Crippen LogP contribution in [0.3, 0.4) is 0 Å². The first-order chi connectivity index (χ1) is 14.0. The van der Waals surface area contributed by atoms with E-state index in [1.54, 1.807) is 0 Å². The van der Waals surface area contributed by atoms with Crippen LogP contribution in [0, 0.1) is 19.8 Å². The number of fused-ring (bicyclic) bond motifs is 1. The number of aryl methyl sites for hydroxylation is 2. The van der Waals surface area contributed by atoms with Crippen molar-refractivity contribution in [1.29, 1.82) is 0 Å². The summed E-state index contributed by atoms with van der Waals surface area (Å²) in [6.07, 6.45) is 2.27. The summed E-state index contributed by atoms with van der Waals surface area (Å²) in [6.45, 7) is 8.31. The number of hydrogen-bond acceptors (Lipinski definition) is 6. The molecule has 1 aromatic heterocycles. The number of ether oxygens (including phenoxy) is 1.